The third-order valence-corrected chi connectivity index (χ3v) is 10.6. The zero-order valence-electron chi connectivity index (χ0n) is 29.2. The fraction of sp³-hybridized carbons (Fsp3) is 0.366. The molecule has 2 amide bonds. The summed E-state index contributed by atoms with van der Waals surface area (Å²) in [6, 6.07) is 24.1. The third kappa shape index (κ3) is 6.82. The fourth-order valence-corrected chi connectivity index (χ4v) is 7.74. The van der Waals surface area contributed by atoms with Crippen LogP contribution in [0.5, 0.6) is 0 Å². The van der Waals surface area contributed by atoms with Gasteiger partial charge in [-0.3, -0.25) is 19.1 Å². The lowest BCUT2D eigenvalue weighted by Gasteiger charge is -2.29. The van der Waals surface area contributed by atoms with Crippen LogP contribution in [0.4, 0.5) is 0 Å². The maximum Gasteiger partial charge on any atom is 0.245 e. The Morgan fingerprint density at radius 3 is 2.10 bits per heavy atom. The second-order valence-electron chi connectivity index (χ2n) is 14.4. The first kappa shape index (κ1) is 33.3. The Hall–Kier alpha value is -5.18. The summed E-state index contributed by atoms with van der Waals surface area (Å²) in [5.74, 6) is 0.256. The van der Waals surface area contributed by atoms with Crippen LogP contribution in [0, 0.1) is 19.3 Å². The van der Waals surface area contributed by atoms with Crippen LogP contribution in [-0.4, -0.2) is 60.4 Å². The largest absolute Gasteiger partial charge is 0.352 e. The van der Waals surface area contributed by atoms with Gasteiger partial charge in [0.1, 0.15) is 24.1 Å². The van der Waals surface area contributed by atoms with Gasteiger partial charge < -0.3 is 10.2 Å². The van der Waals surface area contributed by atoms with Gasteiger partial charge in [0, 0.05) is 42.4 Å². The van der Waals surface area contributed by atoms with Gasteiger partial charge in [-0.1, -0.05) is 67.6 Å². The van der Waals surface area contributed by atoms with Crippen molar-refractivity contribution in [2.45, 2.75) is 90.9 Å². The number of aryl methyl sites for hydroxylation is 4. The predicted octanol–water partition coefficient (Wildman–Crippen LogP) is 6.44. The molecule has 1 saturated carbocycles. The topological polar surface area (TPSA) is 110 Å². The van der Waals surface area contributed by atoms with Crippen LogP contribution < -0.4 is 5.32 Å². The van der Waals surface area contributed by atoms with E-state index in [1.165, 1.54) is 18.1 Å². The minimum Gasteiger partial charge on any atom is -0.352 e. The van der Waals surface area contributed by atoms with Gasteiger partial charge >= 0.3 is 0 Å². The van der Waals surface area contributed by atoms with E-state index in [9.17, 15) is 14.4 Å². The number of nitrogens with zero attached hydrogens (tertiary/aromatic N) is 5. The molecular formula is C41H44N6O3. The molecule has 50 heavy (non-hydrogen) atoms. The number of nitrogens with one attached hydrogen (secondary N) is 1. The summed E-state index contributed by atoms with van der Waals surface area (Å²) in [6.07, 6.45) is 8.40. The molecule has 0 radical (unpaired) electrons. The van der Waals surface area contributed by atoms with Gasteiger partial charge in [0.15, 0.2) is 5.78 Å². The Morgan fingerprint density at radius 1 is 0.880 bits per heavy atom. The molecule has 0 bridgehead atoms. The fourth-order valence-electron chi connectivity index (χ4n) is 7.74. The lowest BCUT2D eigenvalue weighted by atomic mass is 9.97. The summed E-state index contributed by atoms with van der Waals surface area (Å²) in [7, 11) is 0. The van der Waals surface area contributed by atoms with Gasteiger partial charge in [-0.25, -0.2) is 9.97 Å². The molecule has 2 aromatic heterocycles. The standard InChI is InChI=1S/C41H44N6O3/c1-26-19-31(32-23-42-28(3)43-24-32)20-34-38(27(2)48)45-46(39(26)34)25-37(49)47-35(21-41(4)22-36(41)47)40(50)44-33(17-15-29-11-7-5-8-12-29)18-16-30-13-9-6-10-14-30/h5-14,19-20,23-24,33,35-36H,15-18,21-22,25H2,1-4H3,(H,44,50)/t35-,36+,41-/m0/s1. The lowest BCUT2D eigenvalue weighted by Crippen LogP contribution is -2.51. The molecule has 3 aromatic carbocycles. The average molecular weight is 669 g/mol. The van der Waals surface area contributed by atoms with Crippen LogP contribution in [-0.2, 0) is 29.0 Å². The summed E-state index contributed by atoms with van der Waals surface area (Å²) < 4.78 is 1.65. The van der Waals surface area contributed by atoms with Crippen LogP contribution in [0.15, 0.2) is 85.2 Å². The highest BCUT2D eigenvalue weighted by molar-refractivity contribution is 6.07. The molecule has 1 saturated heterocycles. The van der Waals surface area contributed by atoms with E-state index < -0.39 is 6.04 Å². The van der Waals surface area contributed by atoms with E-state index >= 15 is 0 Å². The number of fused-ring (bicyclic) bond motifs is 2. The van der Waals surface area contributed by atoms with Gasteiger partial charge in [-0.15, -0.1) is 0 Å². The molecule has 0 spiro atoms. The van der Waals surface area contributed by atoms with Crippen LogP contribution in [0.2, 0.25) is 0 Å². The van der Waals surface area contributed by atoms with Crippen LogP contribution in [0.3, 0.4) is 0 Å². The lowest BCUT2D eigenvalue weighted by molar-refractivity contribution is -0.140. The summed E-state index contributed by atoms with van der Waals surface area (Å²) in [5, 5.41) is 8.75. The van der Waals surface area contributed by atoms with E-state index in [2.05, 4.69) is 51.6 Å². The highest BCUT2D eigenvalue weighted by atomic mass is 16.2. The Kier molecular flexibility index (Phi) is 9.07. The Balaban J connectivity index is 1.12. The molecule has 3 heterocycles. The number of ketones is 1. The molecule has 1 N–H and O–H groups in total. The number of carbonyl (C=O) groups is 3. The van der Waals surface area contributed by atoms with Crippen molar-refractivity contribution in [3.63, 3.8) is 0 Å². The highest BCUT2D eigenvalue weighted by Crippen LogP contribution is 2.59. The van der Waals surface area contributed by atoms with Crippen molar-refractivity contribution < 1.29 is 14.4 Å². The van der Waals surface area contributed by atoms with Crippen molar-refractivity contribution in [1.82, 2.24) is 30.0 Å². The number of rotatable bonds is 12. The molecule has 9 heteroatoms. The number of likely N-dealkylation sites (tertiary alicyclic amines) is 1. The molecule has 256 valence electrons. The second-order valence-corrected chi connectivity index (χ2v) is 14.4. The third-order valence-electron chi connectivity index (χ3n) is 10.6. The maximum absolute atomic E-state index is 14.3. The monoisotopic (exact) mass is 668 g/mol. The van der Waals surface area contributed by atoms with Gasteiger partial charge in [0.2, 0.25) is 11.8 Å². The molecule has 1 aliphatic carbocycles. The van der Waals surface area contributed by atoms with E-state index in [1.807, 2.05) is 67.3 Å². The van der Waals surface area contributed by atoms with Gasteiger partial charge in [-0.05, 0) is 92.2 Å². The molecule has 0 unspecified atom stereocenters. The number of hydrogen-bond acceptors (Lipinski definition) is 6. The SMILES string of the molecule is CC(=O)c1nn(CC(=O)N2[C@H](C(=O)NC(CCc3ccccc3)CCc3ccccc3)C[C@@]3(C)C[C@@H]23)c2c(C)cc(-c3cnc(C)nc3)cc12. The van der Waals surface area contributed by atoms with Crippen LogP contribution >= 0.6 is 0 Å². The minimum atomic E-state index is -0.550. The van der Waals surface area contributed by atoms with E-state index in [4.69, 9.17) is 0 Å². The highest BCUT2D eigenvalue weighted by Gasteiger charge is 2.64. The molecule has 2 aliphatic rings. The molecule has 3 atom stereocenters. The van der Waals surface area contributed by atoms with Crippen LogP contribution in [0.1, 0.15) is 72.5 Å². The van der Waals surface area contributed by atoms with E-state index in [0.717, 1.165) is 54.3 Å². The maximum atomic E-state index is 14.3. The van der Waals surface area contributed by atoms with Crippen molar-refractivity contribution in [1.29, 1.82) is 0 Å². The smallest absolute Gasteiger partial charge is 0.245 e. The number of hydrogen-bond donors (Lipinski definition) is 1. The Labute approximate surface area is 293 Å². The number of Topliss-reactive ketones (excluding diaryl/α,β-unsaturated/α-hetero) is 1. The van der Waals surface area contributed by atoms with Crippen molar-refractivity contribution in [3.8, 4) is 11.1 Å². The van der Waals surface area contributed by atoms with E-state index in [0.29, 0.717) is 23.3 Å². The number of piperidine rings is 1. The Bertz CT molecular complexity index is 2000. The molecule has 1 aliphatic heterocycles. The molecule has 2 fully saturated rings. The first-order chi connectivity index (χ1) is 24.1. The summed E-state index contributed by atoms with van der Waals surface area (Å²) in [4.78, 5) is 51.7. The number of benzene rings is 3. The zero-order chi connectivity index (χ0) is 35.0. The summed E-state index contributed by atoms with van der Waals surface area (Å²) in [6.45, 7) is 7.41. The van der Waals surface area contributed by atoms with Crippen molar-refractivity contribution in [2.75, 3.05) is 0 Å². The molecule has 5 aromatic rings. The zero-order valence-corrected chi connectivity index (χ0v) is 29.2. The summed E-state index contributed by atoms with van der Waals surface area (Å²) >= 11 is 0. The molecule has 7 rings (SSSR count). The van der Waals surface area contributed by atoms with Crippen LogP contribution in [0.25, 0.3) is 22.0 Å². The first-order valence-corrected chi connectivity index (χ1v) is 17.6. The van der Waals surface area contributed by atoms with Gasteiger partial charge in [0.05, 0.1) is 5.52 Å². The van der Waals surface area contributed by atoms with E-state index in [-0.39, 0.29) is 41.6 Å². The normalized spacial score (nSPS) is 19.5. The van der Waals surface area contributed by atoms with Crippen molar-refractivity contribution >= 4 is 28.5 Å². The number of amides is 2. The van der Waals surface area contributed by atoms with Crippen molar-refractivity contribution in [2.24, 2.45) is 5.41 Å². The van der Waals surface area contributed by atoms with E-state index in [1.54, 1.807) is 17.1 Å². The first-order valence-electron chi connectivity index (χ1n) is 17.6. The predicted molar refractivity (Wildman–Crippen MR) is 193 cm³/mol. The second kappa shape index (κ2) is 13.6. The van der Waals surface area contributed by atoms with Gasteiger partial charge in [0.25, 0.3) is 0 Å². The molecular weight excluding hydrogens is 624 g/mol. The summed E-state index contributed by atoms with van der Waals surface area (Å²) in [5.41, 5.74) is 6.06. The number of aromatic nitrogens is 4. The average Bonchev–Trinajstić information content (AvgIpc) is 3.46. The minimum absolute atomic E-state index is 0.0150. The van der Waals surface area contributed by atoms with Gasteiger partial charge in [-0.2, -0.15) is 5.10 Å². The molecule has 9 nitrogen and oxygen atoms in total. The quantitative estimate of drug-likeness (QED) is 0.153. The van der Waals surface area contributed by atoms with Crippen molar-refractivity contribution in [3.05, 3.63) is 113 Å². The Morgan fingerprint density at radius 2 is 1.50 bits per heavy atom. The number of carbonyl (C=O) groups excluding carboxylic acids is 3.